The van der Waals surface area contributed by atoms with Crippen molar-refractivity contribution in [3.63, 3.8) is 0 Å². The Labute approximate surface area is 210 Å². The normalized spacial score (nSPS) is 11.9. The van der Waals surface area contributed by atoms with Gasteiger partial charge in [0.25, 0.3) is 5.91 Å². The van der Waals surface area contributed by atoms with Crippen LogP contribution in [0, 0.1) is 0 Å². The second-order valence-corrected chi connectivity index (χ2v) is 9.43. The van der Waals surface area contributed by atoms with Gasteiger partial charge in [-0.1, -0.05) is 66.9 Å². The Kier molecular flexibility index (Phi) is 10.2. The molecule has 1 atom stereocenters. The molecule has 0 aliphatic heterocycles. The number of benzene rings is 2. The van der Waals surface area contributed by atoms with Gasteiger partial charge in [0.2, 0.25) is 0 Å². The summed E-state index contributed by atoms with van der Waals surface area (Å²) in [5, 5.41) is 5.30. The Hall–Kier alpha value is -2.77. The van der Waals surface area contributed by atoms with Gasteiger partial charge in [0.15, 0.2) is 0 Å². The van der Waals surface area contributed by atoms with Gasteiger partial charge in [-0.3, -0.25) is 4.79 Å². The molecule has 184 valence electrons. The predicted octanol–water partition coefficient (Wildman–Crippen LogP) is 5.63. The van der Waals surface area contributed by atoms with Gasteiger partial charge in [-0.25, -0.2) is 9.59 Å². The summed E-state index contributed by atoms with van der Waals surface area (Å²) in [6, 6.07) is 11.5. The Morgan fingerprint density at radius 2 is 1.62 bits per heavy atom. The topological polar surface area (TPSA) is 93.7 Å². The smallest absolute Gasteiger partial charge is 0.407 e. The second-order valence-electron chi connectivity index (χ2n) is 8.61. The van der Waals surface area contributed by atoms with Gasteiger partial charge in [-0.05, 0) is 50.5 Å². The maximum absolute atomic E-state index is 13.0. The lowest BCUT2D eigenvalue weighted by molar-refractivity contribution is -0.145. The largest absolute Gasteiger partial charge is 0.464 e. The average molecular weight is 509 g/mol. The van der Waals surface area contributed by atoms with E-state index in [1.807, 2.05) is 37.3 Å². The second kappa shape index (κ2) is 12.6. The van der Waals surface area contributed by atoms with Gasteiger partial charge in [-0.15, -0.1) is 0 Å². The summed E-state index contributed by atoms with van der Waals surface area (Å²) in [5.74, 6) is -1.36. The average Bonchev–Trinajstić information content (AvgIpc) is 2.75. The minimum Gasteiger partial charge on any atom is -0.464 e. The highest BCUT2D eigenvalue weighted by molar-refractivity contribution is 6.40. The Morgan fingerprint density at radius 1 is 1.00 bits per heavy atom. The number of unbranched alkanes of at least 4 members (excludes halogenated alkanes) is 1. The van der Waals surface area contributed by atoms with Crippen molar-refractivity contribution >= 4 is 41.2 Å². The van der Waals surface area contributed by atoms with E-state index in [1.165, 1.54) is 0 Å². The summed E-state index contributed by atoms with van der Waals surface area (Å²) < 4.78 is 10.4. The zero-order valence-electron chi connectivity index (χ0n) is 19.7. The maximum Gasteiger partial charge on any atom is 0.407 e. The summed E-state index contributed by atoms with van der Waals surface area (Å²) in [6.07, 6.45) is 0.778. The molecule has 2 N–H and O–H groups in total. The predicted molar refractivity (Wildman–Crippen MR) is 133 cm³/mol. The van der Waals surface area contributed by atoms with E-state index < -0.39 is 29.6 Å². The highest BCUT2D eigenvalue weighted by Gasteiger charge is 2.27. The van der Waals surface area contributed by atoms with E-state index >= 15 is 0 Å². The number of halogens is 2. The molecule has 2 amide bonds. The van der Waals surface area contributed by atoms with Crippen LogP contribution in [0.2, 0.25) is 10.0 Å². The van der Waals surface area contributed by atoms with Crippen molar-refractivity contribution < 1.29 is 23.9 Å². The first kappa shape index (κ1) is 27.5. The van der Waals surface area contributed by atoms with Crippen LogP contribution in [0.25, 0.3) is 11.1 Å². The Bertz CT molecular complexity index is 983. The quantitative estimate of drug-likeness (QED) is 0.338. The molecule has 2 rings (SSSR count). The minimum atomic E-state index is -1.17. The van der Waals surface area contributed by atoms with Crippen molar-refractivity contribution in [3.05, 3.63) is 58.1 Å². The number of alkyl carbamates (subject to hydrolysis) is 1. The van der Waals surface area contributed by atoms with Gasteiger partial charge >= 0.3 is 12.1 Å². The van der Waals surface area contributed by atoms with E-state index in [0.29, 0.717) is 6.42 Å². The molecule has 0 saturated carbocycles. The van der Waals surface area contributed by atoms with Crippen LogP contribution in [0.4, 0.5) is 4.79 Å². The van der Waals surface area contributed by atoms with E-state index in [9.17, 15) is 14.4 Å². The number of esters is 1. The first-order chi connectivity index (χ1) is 16.0. The molecule has 34 heavy (non-hydrogen) atoms. The van der Waals surface area contributed by atoms with Crippen LogP contribution in [-0.2, 0) is 14.3 Å². The lowest BCUT2D eigenvalue weighted by Crippen LogP contribution is -2.50. The van der Waals surface area contributed by atoms with Crippen LogP contribution in [-0.4, -0.2) is 42.8 Å². The van der Waals surface area contributed by atoms with Crippen molar-refractivity contribution in [2.45, 2.75) is 52.2 Å². The molecule has 0 saturated heterocycles. The first-order valence-electron chi connectivity index (χ1n) is 11.0. The molecule has 0 aromatic heterocycles. The van der Waals surface area contributed by atoms with Crippen molar-refractivity contribution in [3.8, 4) is 11.1 Å². The monoisotopic (exact) mass is 508 g/mol. The number of ether oxygens (including phenoxy) is 2. The fourth-order valence-electron chi connectivity index (χ4n) is 2.93. The lowest BCUT2D eigenvalue weighted by atomic mass is 10.0. The summed E-state index contributed by atoms with van der Waals surface area (Å²) >= 11 is 12.8. The zero-order valence-corrected chi connectivity index (χ0v) is 21.3. The van der Waals surface area contributed by atoms with Crippen molar-refractivity contribution in [1.29, 1.82) is 0 Å². The molecule has 0 unspecified atom stereocenters. The van der Waals surface area contributed by atoms with E-state index in [-0.39, 0.29) is 28.8 Å². The molecular formula is C25H30Cl2N2O5. The Balaban J connectivity index is 2.19. The van der Waals surface area contributed by atoms with Crippen LogP contribution < -0.4 is 10.6 Å². The number of amides is 2. The molecule has 0 spiro atoms. The van der Waals surface area contributed by atoms with Crippen LogP contribution in [0.15, 0.2) is 42.5 Å². The van der Waals surface area contributed by atoms with Crippen LogP contribution in [0.1, 0.15) is 50.9 Å². The number of hydrogen-bond donors (Lipinski definition) is 2. The molecule has 0 bridgehead atoms. The number of carbonyl (C=O) groups excluding carboxylic acids is 3. The molecule has 0 radical (unpaired) electrons. The van der Waals surface area contributed by atoms with Crippen molar-refractivity contribution in [2.75, 3.05) is 13.2 Å². The number of nitrogens with one attached hydrogen (secondary N) is 2. The number of rotatable bonds is 9. The molecule has 7 nitrogen and oxygen atoms in total. The third-order valence-corrected chi connectivity index (χ3v) is 5.15. The fraction of sp³-hybridized carbons (Fsp3) is 0.400. The SMILES string of the molecule is CCCCOC(=O)[C@H](CNC(=O)OC(C)(C)C)NC(=O)c1c(Cl)cc(-c2ccccc2)cc1Cl. The first-order valence-corrected chi connectivity index (χ1v) is 11.8. The maximum atomic E-state index is 13.0. The molecule has 9 heteroatoms. The fourth-order valence-corrected chi connectivity index (χ4v) is 3.59. The molecule has 0 aliphatic rings. The Morgan fingerprint density at radius 3 is 2.18 bits per heavy atom. The van der Waals surface area contributed by atoms with Gasteiger partial charge in [0.1, 0.15) is 11.6 Å². The van der Waals surface area contributed by atoms with E-state index in [0.717, 1.165) is 17.5 Å². The van der Waals surface area contributed by atoms with Gasteiger partial charge in [-0.2, -0.15) is 0 Å². The van der Waals surface area contributed by atoms with Crippen LogP contribution in [0.5, 0.6) is 0 Å². The summed E-state index contributed by atoms with van der Waals surface area (Å²) in [7, 11) is 0. The molecular weight excluding hydrogens is 479 g/mol. The standard InChI is InChI=1S/C25H30Cl2N2O5/c1-5-6-12-33-23(31)20(15-28-24(32)34-25(2,3)4)29-22(30)21-18(26)13-17(14-19(21)27)16-10-8-7-9-11-16/h7-11,13-14,20H,5-6,12,15H2,1-4H3,(H,28,32)(H,29,30)/t20-/m0/s1. The molecule has 2 aromatic carbocycles. The molecule has 2 aromatic rings. The lowest BCUT2D eigenvalue weighted by Gasteiger charge is -2.22. The van der Waals surface area contributed by atoms with E-state index in [1.54, 1.807) is 32.9 Å². The van der Waals surface area contributed by atoms with E-state index in [4.69, 9.17) is 32.7 Å². The molecule has 0 fully saturated rings. The minimum absolute atomic E-state index is 0.0200. The third kappa shape index (κ3) is 8.54. The zero-order chi connectivity index (χ0) is 25.3. The van der Waals surface area contributed by atoms with E-state index in [2.05, 4.69) is 10.6 Å². The summed E-state index contributed by atoms with van der Waals surface area (Å²) in [4.78, 5) is 37.7. The summed E-state index contributed by atoms with van der Waals surface area (Å²) in [6.45, 7) is 7.07. The van der Waals surface area contributed by atoms with Crippen molar-refractivity contribution in [2.24, 2.45) is 0 Å². The number of hydrogen-bond acceptors (Lipinski definition) is 5. The van der Waals surface area contributed by atoms with Crippen LogP contribution in [0.3, 0.4) is 0 Å². The van der Waals surface area contributed by atoms with Crippen LogP contribution >= 0.6 is 23.2 Å². The van der Waals surface area contributed by atoms with Crippen molar-refractivity contribution in [1.82, 2.24) is 10.6 Å². The third-order valence-electron chi connectivity index (χ3n) is 4.56. The molecule has 0 heterocycles. The summed E-state index contributed by atoms with van der Waals surface area (Å²) in [5.41, 5.74) is 0.935. The number of carbonyl (C=O) groups is 3. The van der Waals surface area contributed by atoms with Gasteiger partial charge in [0, 0.05) is 0 Å². The van der Waals surface area contributed by atoms with Gasteiger partial charge < -0.3 is 20.1 Å². The molecule has 0 aliphatic carbocycles. The highest BCUT2D eigenvalue weighted by atomic mass is 35.5. The highest BCUT2D eigenvalue weighted by Crippen LogP contribution is 2.31. The van der Waals surface area contributed by atoms with Gasteiger partial charge in [0.05, 0.1) is 28.8 Å².